The van der Waals surface area contributed by atoms with Gasteiger partial charge in [0.1, 0.15) is 0 Å². The van der Waals surface area contributed by atoms with Crippen molar-refractivity contribution >= 4 is 0 Å². The number of nitrogens with two attached hydrogens (primary N) is 1. The average molecular weight is 146 g/mol. The summed E-state index contributed by atoms with van der Waals surface area (Å²) in [6.45, 7) is 4.33. The van der Waals surface area contributed by atoms with E-state index in [4.69, 9.17) is 10.8 Å². The molecule has 62 valence electrons. The van der Waals surface area contributed by atoms with Gasteiger partial charge in [0.15, 0.2) is 0 Å². The second-order valence-electron chi connectivity index (χ2n) is 2.73. The highest BCUT2D eigenvalue weighted by molar-refractivity contribution is 4.54. The Hall–Kier alpha value is -0.120. The van der Waals surface area contributed by atoms with Gasteiger partial charge in [-0.3, -0.25) is 0 Å². The van der Waals surface area contributed by atoms with Gasteiger partial charge < -0.3 is 15.7 Å². The molecule has 0 aromatic rings. The summed E-state index contributed by atoms with van der Waals surface area (Å²) >= 11 is 0. The molecule has 0 spiro atoms. The third-order valence-corrected chi connectivity index (χ3v) is 1.44. The molecule has 10 heavy (non-hydrogen) atoms. The SMILES string of the molecule is C[C@@H](O)CCN(C)CCN. The van der Waals surface area contributed by atoms with Gasteiger partial charge in [-0.05, 0) is 20.4 Å². The van der Waals surface area contributed by atoms with Gasteiger partial charge in [-0.25, -0.2) is 0 Å². The zero-order valence-electron chi connectivity index (χ0n) is 6.88. The van der Waals surface area contributed by atoms with E-state index in [1.54, 1.807) is 6.92 Å². The van der Waals surface area contributed by atoms with Gasteiger partial charge in [-0.1, -0.05) is 0 Å². The van der Waals surface area contributed by atoms with Crippen molar-refractivity contribution in [3.8, 4) is 0 Å². The van der Waals surface area contributed by atoms with Crippen molar-refractivity contribution in [2.45, 2.75) is 19.4 Å². The predicted octanol–water partition coefficient (Wildman–Crippen LogP) is -0.352. The first kappa shape index (κ1) is 9.88. The summed E-state index contributed by atoms with van der Waals surface area (Å²) in [6.07, 6.45) is 0.636. The lowest BCUT2D eigenvalue weighted by Gasteiger charge is -2.15. The van der Waals surface area contributed by atoms with Crippen LogP contribution in [0.4, 0.5) is 0 Å². The molecule has 0 amide bonds. The van der Waals surface area contributed by atoms with Crippen molar-refractivity contribution in [1.82, 2.24) is 4.90 Å². The summed E-state index contributed by atoms with van der Waals surface area (Å²) in [5.41, 5.74) is 5.33. The molecule has 0 unspecified atom stereocenters. The lowest BCUT2D eigenvalue weighted by atomic mass is 10.3. The number of nitrogens with zero attached hydrogens (tertiary/aromatic N) is 1. The van der Waals surface area contributed by atoms with Crippen molar-refractivity contribution in [3.63, 3.8) is 0 Å². The zero-order valence-corrected chi connectivity index (χ0v) is 6.88. The highest BCUT2D eigenvalue weighted by Gasteiger charge is 1.98. The van der Waals surface area contributed by atoms with E-state index in [0.717, 1.165) is 19.5 Å². The van der Waals surface area contributed by atoms with Crippen molar-refractivity contribution in [2.24, 2.45) is 5.73 Å². The lowest BCUT2D eigenvalue weighted by Crippen LogP contribution is -2.28. The fourth-order valence-corrected chi connectivity index (χ4v) is 0.739. The Kier molecular flexibility index (Phi) is 5.58. The Labute approximate surface area is 62.8 Å². The van der Waals surface area contributed by atoms with E-state index in [1.807, 2.05) is 7.05 Å². The number of rotatable bonds is 5. The van der Waals surface area contributed by atoms with Crippen LogP contribution in [0, 0.1) is 0 Å². The summed E-state index contributed by atoms with van der Waals surface area (Å²) in [4.78, 5) is 2.12. The largest absolute Gasteiger partial charge is 0.393 e. The van der Waals surface area contributed by atoms with Crippen molar-refractivity contribution in [2.75, 3.05) is 26.7 Å². The van der Waals surface area contributed by atoms with Crippen molar-refractivity contribution in [1.29, 1.82) is 0 Å². The summed E-state index contributed by atoms with van der Waals surface area (Å²) in [5, 5.41) is 8.91. The number of likely N-dealkylation sites (N-methyl/N-ethyl adjacent to an activating group) is 1. The molecule has 0 aromatic heterocycles. The number of hydrogen-bond acceptors (Lipinski definition) is 3. The van der Waals surface area contributed by atoms with Crippen LogP contribution < -0.4 is 5.73 Å². The first-order valence-corrected chi connectivity index (χ1v) is 3.73. The molecular formula is C7H18N2O. The predicted molar refractivity (Wildman–Crippen MR) is 42.8 cm³/mol. The summed E-state index contributed by atoms with van der Waals surface area (Å²) in [5.74, 6) is 0. The third-order valence-electron chi connectivity index (χ3n) is 1.44. The molecule has 3 nitrogen and oxygen atoms in total. The van der Waals surface area contributed by atoms with Crippen LogP contribution in [-0.4, -0.2) is 42.8 Å². The molecule has 0 rings (SSSR count). The minimum absolute atomic E-state index is 0.194. The molecular weight excluding hydrogens is 128 g/mol. The Morgan fingerprint density at radius 3 is 2.50 bits per heavy atom. The Morgan fingerprint density at radius 2 is 2.10 bits per heavy atom. The van der Waals surface area contributed by atoms with Crippen LogP contribution in [0.1, 0.15) is 13.3 Å². The summed E-state index contributed by atoms with van der Waals surface area (Å²) in [6, 6.07) is 0. The minimum atomic E-state index is -0.194. The van der Waals surface area contributed by atoms with E-state index >= 15 is 0 Å². The molecule has 0 heterocycles. The van der Waals surface area contributed by atoms with Crippen LogP contribution >= 0.6 is 0 Å². The Bertz CT molecular complexity index is 76.0. The van der Waals surface area contributed by atoms with Gasteiger partial charge in [-0.2, -0.15) is 0 Å². The third kappa shape index (κ3) is 6.01. The summed E-state index contributed by atoms with van der Waals surface area (Å²) < 4.78 is 0. The number of hydrogen-bond donors (Lipinski definition) is 2. The van der Waals surface area contributed by atoms with E-state index in [0.29, 0.717) is 6.54 Å². The molecule has 0 aliphatic carbocycles. The van der Waals surface area contributed by atoms with Crippen molar-refractivity contribution in [3.05, 3.63) is 0 Å². The van der Waals surface area contributed by atoms with Crippen LogP contribution in [0.2, 0.25) is 0 Å². The van der Waals surface area contributed by atoms with E-state index in [9.17, 15) is 0 Å². The smallest absolute Gasteiger partial charge is 0.0524 e. The van der Waals surface area contributed by atoms with Gasteiger partial charge in [0, 0.05) is 19.6 Å². The molecule has 0 aromatic carbocycles. The van der Waals surface area contributed by atoms with Gasteiger partial charge in [-0.15, -0.1) is 0 Å². The molecule has 0 aliphatic rings. The second kappa shape index (κ2) is 5.65. The molecule has 3 N–H and O–H groups in total. The van der Waals surface area contributed by atoms with Crippen LogP contribution in [-0.2, 0) is 0 Å². The number of aliphatic hydroxyl groups is 1. The fraction of sp³-hybridized carbons (Fsp3) is 1.00. The molecule has 0 fully saturated rings. The maximum absolute atomic E-state index is 8.91. The molecule has 0 bridgehead atoms. The highest BCUT2D eigenvalue weighted by atomic mass is 16.3. The molecule has 0 aliphatic heterocycles. The van der Waals surface area contributed by atoms with Crippen LogP contribution in [0.15, 0.2) is 0 Å². The van der Waals surface area contributed by atoms with E-state index in [2.05, 4.69) is 4.90 Å². The van der Waals surface area contributed by atoms with E-state index in [1.165, 1.54) is 0 Å². The van der Waals surface area contributed by atoms with E-state index < -0.39 is 0 Å². The standard InChI is InChI=1S/C7H18N2O/c1-7(10)3-5-9(2)6-4-8/h7,10H,3-6,8H2,1-2H3/t7-/m1/s1. The first-order valence-electron chi connectivity index (χ1n) is 3.73. The van der Waals surface area contributed by atoms with E-state index in [-0.39, 0.29) is 6.10 Å². The van der Waals surface area contributed by atoms with Crippen molar-refractivity contribution < 1.29 is 5.11 Å². The second-order valence-corrected chi connectivity index (χ2v) is 2.73. The number of aliphatic hydroxyl groups excluding tert-OH is 1. The van der Waals surface area contributed by atoms with Crippen LogP contribution in [0.5, 0.6) is 0 Å². The first-order chi connectivity index (χ1) is 4.66. The monoisotopic (exact) mass is 146 g/mol. The van der Waals surface area contributed by atoms with Crippen LogP contribution in [0.3, 0.4) is 0 Å². The minimum Gasteiger partial charge on any atom is -0.393 e. The zero-order chi connectivity index (χ0) is 7.98. The average Bonchev–Trinajstić information content (AvgIpc) is 1.85. The van der Waals surface area contributed by atoms with Gasteiger partial charge in [0.25, 0.3) is 0 Å². The fourth-order valence-electron chi connectivity index (χ4n) is 0.739. The van der Waals surface area contributed by atoms with Gasteiger partial charge in [0.05, 0.1) is 6.10 Å². The maximum atomic E-state index is 8.91. The van der Waals surface area contributed by atoms with Crippen LogP contribution in [0.25, 0.3) is 0 Å². The summed E-state index contributed by atoms with van der Waals surface area (Å²) in [7, 11) is 2.01. The molecule has 0 saturated carbocycles. The normalized spacial score (nSPS) is 14.1. The Morgan fingerprint density at radius 1 is 1.50 bits per heavy atom. The molecule has 0 saturated heterocycles. The molecule has 3 heteroatoms. The maximum Gasteiger partial charge on any atom is 0.0524 e. The molecule has 0 radical (unpaired) electrons. The highest BCUT2D eigenvalue weighted by Crippen LogP contribution is 1.91. The van der Waals surface area contributed by atoms with Gasteiger partial charge in [0.2, 0.25) is 0 Å². The Balaban J connectivity index is 3.12. The topological polar surface area (TPSA) is 49.5 Å². The quantitative estimate of drug-likeness (QED) is 0.557. The lowest BCUT2D eigenvalue weighted by molar-refractivity contribution is 0.165. The van der Waals surface area contributed by atoms with Gasteiger partial charge >= 0.3 is 0 Å². The molecule has 1 atom stereocenters.